The predicted molar refractivity (Wildman–Crippen MR) is 102 cm³/mol. The Morgan fingerprint density at radius 3 is 2.67 bits per heavy atom. The standard InChI is InChI=1S/C19H26N4O4/c1-12(13-5-4-6-14(11-13)19(2,3)26)20-16-21-17(24)23(18(25)22-16)15-7-9-27-10-8-15/h4-6,11-12,15,26H,7-10H2,1-3H3,(H2,20,21,22,24,25)/t12-/m0/s1. The van der Waals surface area contributed by atoms with E-state index in [1.807, 2.05) is 31.2 Å². The first kappa shape index (κ1) is 19.3. The summed E-state index contributed by atoms with van der Waals surface area (Å²) in [4.78, 5) is 31.4. The smallest absolute Gasteiger partial charge is 0.355 e. The molecule has 3 rings (SSSR count). The average molecular weight is 374 g/mol. The third-order valence-corrected chi connectivity index (χ3v) is 4.86. The molecule has 1 aromatic heterocycles. The molecule has 146 valence electrons. The van der Waals surface area contributed by atoms with Crippen LogP contribution in [0.3, 0.4) is 0 Å². The van der Waals surface area contributed by atoms with Crippen LogP contribution in [-0.2, 0) is 10.3 Å². The SMILES string of the molecule is C[C@H](Nc1nc(=O)n(C2CCOCC2)c(=O)[nH]1)c1cccc(C(C)(C)O)c1. The van der Waals surface area contributed by atoms with Crippen LogP contribution in [0.2, 0.25) is 0 Å². The number of benzene rings is 1. The third-order valence-electron chi connectivity index (χ3n) is 4.86. The quantitative estimate of drug-likeness (QED) is 0.735. The number of anilines is 1. The van der Waals surface area contributed by atoms with E-state index in [0.29, 0.717) is 26.1 Å². The van der Waals surface area contributed by atoms with Gasteiger partial charge >= 0.3 is 11.4 Å². The zero-order valence-corrected chi connectivity index (χ0v) is 15.9. The van der Waals surface area contributed by atoms with Crippen LogP contribution in [0.5, 0.6) is 0 Å². The number of aromatic amines is 1. The van der Waals surface area contributed by atoms with Gasteiger partial charge in [-0.05, 0) is 44.7 Å². The van der Waals surface area contributed by atoms with Crippen molar-refractivity contribution in [2.75, 3.05) is 18.5 Å². The second kappa shape index (κ2) is 7.66. The highest BCUT2D eigenvalue weighted by atomic mass is 16.5. The van der Waals surface area contributed by atoms with E-state index in [0.717, 1.165) is 11.1 Å². The molecule has 1 aromatic carbocycles. The molecule has 2 heterocycles. The molecule has 0 aliphatic carbocycles. The first-order valence-electron chi connectivity index (χ1n) is 9.15. The molecule has 1 fully saturated rings. The maximum absolute atomic E-state index is 12.4. The summed E-state index contributed by atoms with van der Waals surface area (Å²) in [7, 11) is 0. The third kappa shape index (κ3) is 4.45. The van der Waals surface area contributed by atoms with Crippen LogP contribution < -0.4 is 16.7 Å². The summed E-state index contributed by atoms with van der Waals surface area (Å²) in [5.41, 5.74) is -0.296. The van der Waals surface area contributed by atoms with Crippen molar-refractivity contribution < 1.29 is 9.84 Å². The molecule has 1 saturated heterocycles. The fraction of sp³-hybridized carbons (Fsp3) is 0.526. The van der Waals surface area contributed by atoms with E-state index in [1.165, 1.54) is 4.57 Å². The van der Waals surface area contributed by atoms with Crippen molar-refractivity contribution in [2.24, 2.45) is 0 Å². The van der Waals surface area contributed by atoms with Crippen molar-refractivity contribution in [3.8, 4) is 0 Å². The summed E-state index contributed by atoms with van der Waals surface area (Å²) in [6, 6.07) is 7.12. The van der Waals surface area contributed by atoms with Gasteiger partial charge in [-0.25, -0.2) is 14.2 Å². The van der Waals surface area contributed by atoms with Gasteiger partial charge in [-0.15, -0.1) is 0 Å². The fourth-order valence-corrected chi connectivity index (χ4v) is 3.24. The maximum Gasteiger partial charge on any atom is 0.355 e. The monoisotopic (exact) mass is 374 g/mol. The Balaban J connectivity index is 1.82. The molecule has 27 heavy (non-hydrogen) atoms. The van der Waals surface area contributed by atoms with E-state index >= 15 is 0 Å². The van der Waals surface area contributed by atoms with Crippen molar-refractivity contribution in [3.63, 3.8) is 0 Å². The number of aliphatic hydroxyl groups is 1. The molecule has 0 unspecified atom stereocenters. The van der Waals surface area contributed by atoms with Gasteiger partial charge in [0, 0.05) is 19.3 Å². The molecule has 1 atom stereocenters. The Kier molecular flexibility index (Phi) is 5.48. The van der Waals surface area contributed by atoms with Crippen LogP contribution in [0, 0.1) is 0 Å². The molecular weight excluding hydrogens is 348 g/mol. The Bertz CT molecular complexity index is 876. The summed E-state index contributed by atoms with van der Waals surface area (Å²) in [5.74, 6) is 0.134. The largest absolute Gasteiger partial charge is 0.386 e. The van der Waals surface area contributed by atoms with Gasteiger partial charge in [-0.3, -0.25) is 4.98 Å². The normalized spacial score (nSPS) is 16.9. The number of rotatable bonds is 5. The first-order valence-corrected chi connectivity index (χ1v) is 9.15. The Morgan fingerprint density at radius 1 is 1.33 bits per heavy atom. The number of hydrogen-bond donors (Lipinski definition) is 3. The summed E-state index contributed by atoms with van der Waals surface area (Å²) in [5, 5.41) is 13.2. The number of aromatic nitrogens is 3. The highest BCUT2D eigenvalue weighted by Crippen LogP contribution is 2.24. The highest BCUT2D eigenvalue weighted by Gasteiger charge is 2.21. The zero-order chi connectivity index (χ0) is 19.6. The molecule has 0 saturated carbocycles. The lowest BCUT2D eigenvalue weighted by molar-refractivity contribution is 0.0670. The van der Waals surface area contributed by atoms with E-state index in [2.05, 4.69) is 15.3 Å². The van der Waals surface area contributed by atoms with Crippen LogP contribution in [0.4, 0.5) is 5.95 Å². The molecule has 8 nitrogen and oxygen atoms in total. The minimum Gasteiger partial charge on any atom is -0.386 e. The summed E-state index contributed by atoms with van der Waals surface area (Å²) in [6.07, 6.45) is 1.25. The van der Waals surface area contributed by atoms with Gasteiger partial charge in [0.1, 0.15) is 0 Å². The van der Waals surface area contributed by atoms with E-state index < -0.39 is 17.0 Å². The molecule has 1 aliphatic rings. The van der Waals surface area contributed by atoms with Crippen LogP contribution in [0.1, 0.15) is 56.8 Å². The fourth-order valence-electron chi connectivity index (χ4n) is 3.24. The Morgan fingerprint density at radius 2 is 2.04 bits per heavy atom. The second-order valence-corrected chi connectivity index (χ2v) is 7.44. The van der Waals surface area contributed by atoms with Crippen molar-refractivity contribution >= 4 is 5.95 Å². The summed E-state index contributed by atoms with van der Waals surface area (Å²) in [6.45, 7) is 6.40. The Hall–Kier alpha value is -2.45. The van der Waals surface area contributed by atoms with E-state index in [-0.39, 0.29) is 18.0 Å². The molecule has 1 aliphatic heterocycles. The van der Waals surface area contributed by atoms with E-state index in [9.17, 15) is 14.7 Å². The lowest BCUT2D eigenvalue weighted by Crippen LogP contribution is -2.42. The summed E-state index contributed by atoms with van der Waals surface area (Å²) < 4.78 is 6.46. The van der Waals surface area contributed by atoms with Crippen molar-refractivity contribution in [1.29, 1.82) is 0 Å². The second-order valence-electron chi connectivity index (χ2n) is 7.44. The highest BCUT2D eigenvalue weighted by molar-refractivity contribution is 5.34. The van der Waals surface area contributed by atoms with Crippen LogP contribution in [0.15, 0.2) is 33.9 Å². The van der Waals surface area contributed by atoms with Crippen LogP contribution in [0.25, 0.3) is 0 Å². The van der Waals surface area contributed by atoms with Crippen molar-refractivity contribution in [1.82, 2.24) is 14.5 Å². The number of nitrogens with zero attached hydrogens (tertiary/aromatic N) is 2. The minimum atomic E-state index is -0.952. The van der Waals surface area contributed by atoms with Gasteiger partial charge in [0.2, 0.25) is 5.95 Å². The van der Waals surface area contributed by atoms with Gasteiger partial charge in [-0.2, -0.15) is 4.98 Å². The first-order chi connectivity index (χ1) is 12.8. The maximum atomic E-state index is 12.4. The molecule has 3 N–H and O–H groups in total. The zero-order valence-electron chi connectivity index (χ0n) is 15.9. The van der Waals surface area contributed by atoms with Crippen molar-refractivity contribution in [3.05, 3.63) is 56.4 Å². The molecule has 8 heteroatoms. The number of hydrogen-bond acceptors (Lipinski definition) is 6. The minimum absolute atomic E-state index is 0.134. The molecule has 0 spiro atoms. The topological polar surface area (TPSA) is 109 Å². The lowest BCUT2D eigenvalue weighted by atomic mass is 9.95. The average Bonchev–Trinajstić information content (AvgIpc) is 2.61. The van der Waals surface area contributed by atoms with Gasteiger partial charge in [0.25, 0.3) is 0 Å². The number of ether oxygens (including phenoxy) is 1. The van der Waals surface area contributed by atoms with Gasteiger partial charge < -0.3 is 15.2 Å². The summed E-state index contributed by atoms with van der Waals surface area (Å²) >= 11 is 0. The molecule has 2 aromatic rings. The number of H-pyrrole nitrogens is 1. The predicted octanol–water partition coefficient (Wildman–Crippen LogP) is 1.68. The van der Waals surface area contributed by atoms with E-state index in [4.69, 9.17) is 4.74 Å². The van der Waals surface area contributed by atoms with E-state index in [1.54, 1.807) is 13.8 Å². The van der Waals surface area contributed by atoms with Crippen molar-refractivity contribution in [2.45, 2.75) is 51.3 Å². The van der Waals surface area contributed by atoms with Crippen LogP contribution in [-0.4, -0.2) is 32.9 Å². The molecule has 0 amide bonds. The van der Waals surface area contributed by atoms with Gasteiger partial charge in [-0.1, -0.05) is 24.3 Å². The molecule has 0 bridgehead atoms. The Labute approximate surface area is 157 Å². The van der Waals surface area contributed by atoms with Crippen LogP contribution >= 0.6 is 0 Å². The number of nitrogens with one attached hydrogen (secondary N) is 2. The van der Waals surface area contributed by atoms with Gasteiger partial charge in [0.15, 0.2) is 0 Å². The lowest BCUT2D eigenvalue weighted by Gasteiger charge is -2.23. The molecular formula is C19H26N4O4. The van der Waals surface area contributed by atoms with Gasteiger partial charge in [0.05, 0.1) is 11.6 Å². The molecule has 0 radical (unpaired) electrons.